The summed E-state index contributed by atoms with van der Waals surface area (Å²) in [7, 11) is -3.82. The van der Waals surface area contributed by atoms with E-state index >= 15 is 0 Å². The highest BCUT2D eigenvalue weighted by Gasteiger charge is 2.33. The summed E-state index contributed by atoms with van der Waals surface area (Å²) in [6, 6.07) is 20.4. The molecular weight excluding hydrogens is 569 g/mol. The molecule has 0 aliphatic heterocycles. The van der Waals surface area contributed by atoms with E-state index in [0.29, 0.717) is 27.8 Å². The van der Waals surface area contributed by atoms with Crippen LogP contribution in [0.2, 0.25) is 10.0 Å². The molecule has 0 aliphatic carbocycles. The first-order valence-electron chi connectivity index (χ1n) is 13.1. The number of amides is 2. The second kappa shape index (κ2) is 14.5. The van der Waals surface area contributed by atoms with Crippen molar-refractivity contribution in [3.8, 4) is 0 Å². The Balaban J connectivity index is 2.05. The second-order valence-electron chi connectivity index (χ2n) is 9.73. The zero-order chi connectivity index (χ0) is 29.3. The molecule has 3 aromatic carbocycles. The predicted octanol–water partition coefficient (Wildman–Crippen LogP) is 5.62. The van der Waals surface area contributed by atoms with Crippen LogP contribution < -0.4 is 9.62 Å². The van der Waals surface area contributed by atoms with Crippen molar-refractivity contribution >= 4 is 50.7 Å². The van der Waals surface area contributed by atoms with Crippen molar-refractivity contribution < 1.29 is 18.0 Å². The summed E-state index contributed by atoms with van der Waals surface area (Å²) in [4.78, 5) is 29.1. The molecule has 10 heteroatoms. The number of halogens is 2. The quantitative estimate of drug-likeness (QED) is 0.257. The van der Waals surface area contributed by atoms with Crippen LogP contribution in [0.3, 0.4) is 0 Å². The number of benzene rings is 3. The maximum absolute atomic E-state index is 14.1. The van der Waals surface area contributed by atoms with Gasteiger partial charge in [-0.25, -0.2) is 8.42 Å². The lowest BCUT2D eigenvalue weighted by atomic mass is 10.0. The molecular formula is C30H35Cl2N3O4S. The minimum Gasteiger partial charge on any atom is -0.354 e. The van der Waals surface area contributed by atoms with Crippen LogP contribution in [0.5, 0.6) is 0 Å². The van der Waals surface area contributed by atoms with Gasteiger partial charge in [-0.05, 0) is 54.3 Å². The molecule has 214 valence electrons. The van der Waals surface area contributed by atoms with Crippen LogP contribution in [0, 0.1) is 6.92 Å². The zero-order valence-corrected chi connectivity index (χ0v) is 25.3. The molecule has 0 unspecified atom stereocenters. The summed E-state index contributed by atoms with van der Waals surface area (Å²) in [6.07, 6.45) is 3.00. The number of hydrogen-bond acceptors (Lipinski definition) is 4. The summed E-state index contributed by atoms with van der Waals surface area (Å²) in [6.45, 7) is 3.89. The van der Waals surface area contributed by atoms with Gasteiger partial charge in [0.25, 0.3) is 0 Å². The van der Waals surface area contributed by atoms with E-state index in [-0.39, 0.29) is 18.9 Å². The molecule has 0 bridgehead atoms. The molecule has 0 aromatic heterocycles. The zero-order valence-electron chi connectivity index (χ0n) is 22.9. The Morgan fingerprint density at radius 2 is 1.65 bits per heavy atom. The molecule has 7 nitrogen and oxygen atoms in total. The molecule has 0 saturated heterocycles. The first-order chi connectivity index (χ1) is 19.0. The van der Waals surface area contributed by atoms with Crippen LogP contribution in [0.25, 0.3) is 0 Å². The molecule has 1 atom stereocenters. The first kappa shape index (κ1) is 31.5. The number of carbonyl (C=O) groups is 2. The van der Waals surface area contributed by atoms with Gasteiger partial charge >= 0.3 is 0 Å². The topological polar surface area (TPSA) is 86.8 Å². The highest BCUT2D eigenvalue weighted by molar-refractivity contribution is 7.92. The molecule has 1 N–H and O–H groups in total. The van der Waals surface area contributed by atoms with Gasteiger partial charge in [0.05, 0.1) is 22.0 Å². The molecule has 2 amide bonds. The van der Waals surface area contributed by atoms with Crippen molar-refractivity contribution in [3.05, 3.63) is 99.5 Å². The summed E-state index contributed by atoms with van der Waals surface area (Å²) in [5.41, 5.74) is 2.74. The number of nitrogens with one attached hydrogen (secondary N) is 1. The van der Waals surface area contributed by atoms with Gasteiger partial charge in [0, 0.05) is 19.5 Å². The van der Waals surface area contributed by atoms with Gasteiger partial charge in [0.2, 0.25) is 21.8 Å². The standard InChI is InChI=1S/C30H35Cl2N3O4S/c1-4-5-16-33-30(37)28(19-23-11-7-6-8-12-23)34(20-24-14-15-26(31)27(32)18-24)29(36)21-35(40(3,38)39)25-13-9-10-22(2)17-25/h6-15,17-18,28H,4-5,16,19-21H2,1-3H3,(H,33,37)/t28-/m1/s1. The summed E-state index contributed by atoms with van der Waals surface area (Å²) < 4.78 is 26.8. The van der Waals surface area contributed by atoms with Crippen molar-refractivity contribution in [2.45, 2.75) is 45.7 Å². The van der Waals surface area contributed by atoms with E-state index in [1.54, 1.807) is 36.4 Å². The lowest BCUT2D eigenvalue weighted by Gasteiger charge is -2.33. The van der Waals surface area contributed by atoms with Crippen molar-refractivity contribution in [1.29, 1.82) is 0 Å². The third-order valence-electron chi connectivity index (χ3n) is 6.41. The molecule has 0 aliphatic rings. The minimum atomic E-state index is -3.82. The Bertz CT molecular complexity index is 1420. The Kier molecular flexibility index (Phi) is 11.4. The van der Waals surface area contributed by atoms with Gasteiger partial charge in [-0.3, -0.25) is 13.9 Å². The lowest BCUT2D eigenvalue weighted by Crippen LogP contribution is -2.53. The monoisotopic (exact) mass is 603 g/mol. The number of unbranched alkanes of at least 4 members (excludes halogenated alkanes) is 1. The van der Waals surface area contributed by atoms with E-state index in [1.165, 1.54) is 4.90 Å². The van der Waals surface area contributed by atoms with Gasteiger partial charge < -0.3 is 10.2 Å². The summed E-state index contributed by atoms with van der Waals surface area (Å²) in [5, 5.41) is 3.64. The maximum atomic E-state index is 14.1. The number of sulfonamides is 1. The fraction of sp³-hybridized carbons (Fsp3) is 0.333. The molecule has 0 saturated carbocycles. The van der Waals surface area contributed by atoms with Crippen molar-refractivity contribution in [1.82, 2.24) is 10.2 Å². The van der Waals surface area contributed by atoms with E-state index in [4.69, 9.17) is 23.2 Å². The largest absolute Gasteiger partial charge is 0.354 e. The van der Waals surface area contributed by atoms with Crippen LogP contribution in [0.4, 0.5) is 5.69 Å². The Morgan fingerprint density at radius 1 is 0.925 bits per heavy atom. The van der Waals surface area contributed by atoms with Crippen LogP contribution in [-0.2, 0) is 32.6 Å². The maximum Gasteiger partial charge on any atom is 0.244 e. The SMILES string of the molecule is CCCCNC(=O)[C@@H](Cc1ccccc1)N(Cc1ccc(Cl)c(Cl)c1)C(=O)CN(c1cccc(C)c1)S(C)(=O)=O. The average Bonchev–Trinajstić information content (AvgIpc) is 2.91. The Hall–Kier alpha value is -3.07. The number of aryl methyl sites for hydroxylation is 1. The van der Waals surface area contributed by atoms with E-state index in [9.17, 15) is 18.0 Å². The van der Waals surface area contributed by atoms with Gasteiger partial charge in [0.15, 0.2) is 0 Å². The van der Waals surface area contributed by atoms with Crippen LogP contribution in [0.15, 0.2) is 72.8 Å². The van der Waals surface area contributed by atoms with E-state index in [2.05, 4.69) is 5.32 Å². The minimum absolute atomic E-state index is 0.0276. The molecule has 0 spiro atoms. The van der Waals surface area contributed by atoms with Crippen molar-refractivity contribution in [3.63, 3.8) is 0 Å². The van der Waals surface area contributed by atoms with E-state index < -0.39 is 28.5 Å². The van der Waals surface area contributed by atoms with E-state index in [1.807, 2.05) is 50.2 Å². The highest BCUT2D eigenvalue weighted by Crippen LogP contribution is 2.25. The van der Waals surface area contributed by atoms with Crippen LogP contribution >= 0.6 is 23.2 Å². The second-order valence-corrected chi connectivity index (χ2v) is 12.5. The smallest absolute Gasteiger partial charge is 0.244 e. The molecule has 3 rings (SSSR count). The lowest BCUT2D eigenvalue weighted by molar-refractivity contribution is -0.140. The number of rotatable bonds is 13. The average molecular weight is 605 g/mol. The Labute approximate surface area is 247 Å². The number of hydrogen-bond donors (Lipinski definition) is 1. The molecule has 40 heavy (non-hydrogen) atoms. The predicted molar refractivity (Wildman–Crippen MR) is 162 cm³/mol. The summed E-state index contributed by atoms with van der Waals surface area (Å²) in [5.74, 6) is -0.836. The fourth-order valence-electron chi connectivity index (χ4n) is 4.29. The molecule has 0 heterocycles. The van der Waals surface area contributed by atoms with Gasteiger partial charge in [-0.2, -0.15) is 0 Å². The fourth-order valence-corrected chi connectivity index (χ4v) is 5.45. The van der Waals surface area contributed by atoms with Gasteiger partial charge in [-0.1, -0.05) is 85.1 Å². The van der Waals surface area contributed by atoms with Crippen LogP contribution in [0.1, 0.15) is 36.5 Å². The third-order valence-corrected chi connectivity index (χ3v) is 8.29. The number of nitrogens with zero attached hydrogens (tertiary/aromatic N) is 2. The Morgan fingerprint density at radius 3 is 2.27 bits per heavy atom. The molecule has 3 aromatic rings. The number of carbonyl (C=O) groups excluding carboxylic acids is 2. The van der Waals surface area contributed by atoms with Crippen molar-refractivity contribution in [2.24, 2.45) is 0 Å². The third kappa shape index (κ3) is 8.98. The molecule has 0 fully saturated rings. The van der Waals surface area contributed by atoms with Gasteiger partial charge in [0.1, 0.15) is 12.6 Å². The highest BCUT2D eigenvalue weighted by atomic mass is 35.5. The number of anilines is 1. The van der Waals surface area contributed by atoms with Crippen LogP contribution in [-0.4, -0.2) is 50.5 Å². The van der Waals surface area contributed by atoms with E-state index in [0.717, 1.165) is 34.5 Å². The van der Waals surface area contributed by atoms with Crippen molar-refractivity contribution in [2.75, 3.05) is 23.7 Å². The normalized spacial score (nSPS) is 12.0. The van der Waals surface area contributed by atoms with Gasteiger partial charge in [-0.15, -0.1) is 0 Å². The summed E-state index contributed by atoms with van der Waals surface area (Å²) >= 11 is 12.4. The molecule has 0 radical (unpaired) electrons. The first-order valence-corrected chi connectivity index (χ1v) is 15.7.